The summed E-state index contributed by atoms with van der Waals surface area (Å²) in [5.74, 6) is 1.48. The Morgan fingerprint density at radius 1 is 1.00 bits per heavy atom. The third-order valence-electron chi connectivity index (χ3n) is 4.84. The van der Waals surface area contributed by atoms with Gasteiger partial charge in [0.25, 0.3) is 0 Å². The molecular weight excluding hydrogens is 390 g/mol. The molecule has 3 rings (SSSR count). The predicted octanol–water partition coefficient (Wildman–Crippen LogP) is 3.67. The molecule has 0 spiro atoms. The second kappa shape index (κ2) is 7.58. The summed E-state index contributed by atoms with van der Waals surface area (Å²) in [6.45, 7) is 2.21. The Labute approximate surface area is 164 Å². The molecule has 2 aromatic rings. The summed E-state index contributed by atoms with van der Waals surface area (Å²) in [7, 11) is 0.777. The van der Waals surface area contributed by atoms with Crippen molar-refractivity contribution in [2.75, 3.05) is 27.9 Å². The molecule has 0 saturated heterocycles. The van der Waals surface area contributed by atoms with Crippen LogP contribution in [-0.4, -0.2) is 40.6 Å². The molecule has 2 aromatic carbocycles. The van der Waals surface area contributed by atoms with Gasteiger partial charge in [-0.15, -0.1) is 0 Å². The van der Waals surface area contributed by atoms with Crippen LogP contribution in [0.4, 0.5) is 0 Å². The number of hydrogen-bond donors (Lipinski definition) is 0. The van der Waals surface area contributed by atoms with Crippen LogP contribution in [0.3, 0.4) is 0 Å². The third-order valence-corrected chi connectivity index (χ3v) is 7.07. The van der Waals surface area contributed by atoms with Crippen LogP contribution in [0, 0.1) is 0 Å². The number of nitrogens with zero attached hydrogens (tertiary/aromatic N) is 1. The maximum absolute atomic E-state index is 13.3. The Hall–Kier alpha value is -1.96. The zero-order valence-corrected chi connectivity index (χ0v) is 17.2. The van der Waals surface area contributed by atoms with Crippen LogP contribution in [0.1, 0.15) is 24.1 Å². The van der Waals surface area contributed by atoms with Crippen LogP contribution in [-0.2, 0) is 16.4 Å². The molecule has 0 aromatic heterocycles. The fourth-order valence-electron chi connectivity index (χ4n) is 3.43. The Bertz CT molecular complexity index is 961. The molecule has 0 fully saturated rings. The van der Waals surface area contributed by atoms with Gasteiger partial charge in [0.1, 0.15) is 10.6 Å². The van der Waals surface area contributed by atoms with E-state index < -0.39 is 10.0 Å². The number of fused-ring (bicyclic) bond motifs is 1. The van der Waals surface area contributed by atoms with Crippen molar-refractivity contribution in [2.24, 2.45) is 0 Å². The molecule has 1 unspecified atom stereocenters. The first-order chi connectivity index (χ1) is 12.8. The van der Waals surface area contributed by atoms with E-state index in [1.54, 1.807) is 26.4 Å². The normalized spacial score (nSPS) is 17.3. The van der Waals surface area contributed by atoms with E-state index in [4.69, 9.17) is 25.8 Å². The molecule has 27 heavy (non-hydrogen) atoms. The average molecular weight is 412 g/mol. The highest BCUT2D eigenvalue weighted by atomic mass is 35.5. The summed E-state index contributed by atoms with van der Waals surface area (Å²) in [5, 5.41) is 0.339. The lowest BCUT2D eigenvalue weighted by atomic mass is 9.94. The van der Waals surface area contributed by atoms with Gasteiger partial charge in [-0.25, -0.2) is 8.42 Å². The minimum Gasteiger partial charge on any atom is -0.495 e. The summed E-state index contributed by atoms with van der Waals surface area (Å²) >= 11 is 6.04. The number of halogens is 1. The minimum atomic E-state index is -3.80. The zero-order chi connectivity index (χ0) is 19.8. The SMILES string of the molecule is COc1cc2c(cc1OC)C(C)N(S(=O)(=O)c1cc(Cl)ccc1OC)CC2. The van der Waals surface area contributed by atoms with E-state index in [-0.39, 0.29) is 16.7 Å². The first kappa shape index (κ1) is 19.8. The second-order valence-corrected chi connectivity index (χ2v) is 8.54. The number of methoxy groups -OCH3 is 3. The molecule has 0 bridgehead atoms. The molecule has 1 aliphatic heterocycles. The second-order valence-electron chi connectivity index (χ2n) is 6.24. The number of rotatable bonds is 5. The van der Waals surface area contributed by atoms with Gasteiger partial charge in [0.05, 0.1) is 21.3 Å². The van der Waals surface area contributed by atoms with Crippen molar-refractivity contribution in [3.05, 3.63) is 46.5 Å². The summed E-state index contributed by atoms with van der Waals surface area (Å²) < 4.78 is 44.1. The highest BCUT2D eigenvalue weighted by Gasteiger charge is 2.36. The smallest absolute Gasteiger partial charge is 0.247 e. The molecule has 0 radical (unpaired) electrons. The lowest BCUT2D eigenvalue weighted by molar-refractivity contribution is 0.316. The third kappa shape index (κ3) is 3.47. The predicted molar refractivity (Wildman–Crippen MR) is 104 cm³/mol. The fourth-order valence-corrected chi connectivity index (χ4v) is 5.46. The van der Waals surface area contributed by atoms with E-state index >= 15 is 0 Å². The van der Waals surface area contributed by atoms with E-state index in [1.807, 2.05) is 19.1 Å². The van der Waals surface area contributed by atoms with Gasteiger partial charge in [-0.3, -0.25) is 0 Å². The molecule has 8 heteroatoms. The zero-order valence-electron chi connectivity index (χ0n) is 15.7. The maximum atomic E-state index is 13.3. The van der Waals surface area contributed by atoms with E-state index in [0.29, 0.717) is 29.5 Å². The van der Waals surface area contributed by atoms with Gasteiger partial charge in [0.2, 0.25) is 10.0 Å². The molecule has 0 saturated carbocycles. The van der Waals surface area contributed by atoms with Crippen molar-refractivity contribution in [1.82, 2.24) is 4.31 Å². The van der Waals surface area contributed by atoms with Crippen molar-refractivity contribution >= 4 is 21.6 Å². The molecule has 0 N–H and O–H groups in total. The average Bonchev–Trinajstić information content (AvgIpc) is 2.67. The van der Waals surface area contributed by atoms with Gasteiger partial charge in [-0.05, 0) is 54.8 Å². The van der Waals surface area contributed by atoms with Crippen molar-refractivity contribution in [3.63, 3.8) is 0 Å². The molecule has 1 aliphatic rings. The van der Waals surface area contributed by atoms with Crippen LogP contribution in [0.5, 0.6) is 17.2 Å². The first-order valence-corrected chi connectivity index (χ1v) is 10.3. The monoisotopic (exact) mass is 411 g/mol. The molecule has 146 valence electrons. The van der Waals surface area contributed by atoms with E-state index in [2.05, 4.69) is 0 Å². The number of sulfonamides is 1. The summed E-state index contributed by atoms with van der Waals surface area (Å²) in [6, 6.07) is 7.97. The van der Waals surface area contributed by atoms with Crippen LogP contribution in [0.2, 0.25) is 5.02 Å². The Balaban J connectivity index is 2.06. The number of benzene rings is 2. The Morgan fingerprint density at radius 3 is 2.26 bits per heavy atom. The highest BCUT2D eigenvalue weighted by molar-refractivity contribution is 7.89. The van der Waals surface area contributed by atoms with Crippen LogP contribution in [0.15, 0.2) is 35.2 Å². The Morgan fingerprint density at radius 2 is 1.63 bits per heavy atom. The standard InChI is InChI=1S/C19H22ClNO5S/c1-12-15-11-18(26-4)17(25-3)9-13(15)7-8-21(12)27(22,23)19-10-14(20)5-6-16(19)24-2/h5-6,9-12H,7-8H2,1-4H3. The van der Waals surface area contributed by atoms with E-state index in [9.17, 15) is 8.42 Å². The van der Waals surface area contributed by atoms with Gasteiger partial charge in [-0.1, -0.05) is 11.6 Å². The maximum Gasteiger partial charge on any atom is 0.247 e. The molecule has 0 amide bonds. The minimum absolute atomic E-state index is 0.0632. The first-order valence-electron chi connectivity index (χ1n) is 8.43. The van der Waals surface area contributed by atoms with Crippen molar-refractivity contribution < 1.29 is 22.6 Å². The molecule has 6 nitrogen and oxygen atoms in total. The lowest BCUT2D eigenvalue weighted by Crippen LogP contribution is -2.39. The van der Waals surface area contributed by atoms with Gasteiger partial charge >= 0.3 is 0 Å². The van der Waals surface area contributed by atoms with Crippen LogP contribution in [0.25, 0.3) is 0 Å². The molecule has 0 aliphatic carbocycles. The van der Waals surface area contributed by atoms with Crippen molar-refractivity contribution in [3.8, 4) is 17.2 Å². The molecule has 1 heterocycles. The fraction of sp³-hybridized carbons (Fsp3) is 0.368. The topological polar surface area (TPSA) is 65.1 Å². The van der Waals surface area contributed by atoms with Gasteiger partial charge in [-0.2, -0.15) is 4.31 Å². The largest absolute Gasteiger partial charge is 0.495 e. The van der Waals surface area contributed by atoms with E-state index in [0.717, 1.165) is 11.1 Å². The van der Waals surface area contributed by atoms with Gasteiger partial charge < -0.3 is 14.2 Å². The lowest BCUT2D eigenvalue weighted by Gasteiger charge is -2.35. The van der Waals surface area contributed by atoms with Gasteiger partial charge in [0.15, 0.2) is 11.5 Å². The van der Waals surface area contributed by atoms with E-state index in [1.165, 1.54) is 17.5 Å². The van der Waals surface area contributed by atoms with Crippen LogP contribution < -0.4 is 14.2 Å². The number of ether oxygens (including phenoxy) is 3. The highest BCUT2D eigenvalue weighted by Crippen LogP contribution is 2.41. The number of hydrogen-bond acceptors (Lipinski definition) is 5. The molecule has 1 atom stereocenters. The summed E-state index contributed by atoms with van der Waals surface area (Å²) in [4.78, 5) is 0.0632. The Kier molecular flexibility index (Phi) is 5.55. The quantitative estimate of drug-likeness (QED) is 0.751. The molecular formula is C19H22ClNO5S. The van der Waals surface area contributed by atoms with Crippen LogP contribution >= 0.6 is 11.6 Å². The summed E-state index contributed by atoms with van der Waals surface area (Å²) in [5.41, 5.74) is 1.94. The van der Waals surface area contributed by atoms with Gasteiger partial charge in [0, 0.05) is 17.6 Å². The summed E-state index contributed by atoms with van der Waals surface area (Å²) in [6.07, 6.45) is 0.572. The van der Waals surface area contributed by atoms with Crippen molar-refractivity contribution in [2.45, 2.75) is 24.3 Å². The van der Waals surface area contributed by atoms with Crippen molar-refractivity contribution in [1.29, 1.82) is 0 Å².